The van der Waals surface area contributed by atoms with Gasteiger partial charge in [0.1, 0.15) is 29.3 Å². The number of aromatic nitrogens is 2. The van der Waals surface area contributed by atoms with Gasteiger partial charge in [0, 0.05) is 93.0 Å². The van der Waals surface area contributed by atoms with Gasteiger partial charge in [-0.2, -0.15) is 38.2 Å². The number of anilines is 1. The number of nitrogens with one attached hydrogen (secondary N) is 4. The second-order valence-electron chi connectivity index (χ2n) is 28.2. The standard InChI is InChI=1S/C75H90N8O24S4/c1-74(2)56-44-52(46-38-58(70(92)76-30-13-5-9-22-64(84)85)80-59(39-46)71(93)77-31-14-6-10-23-65(86)87)50-28-26-48(110(102,103)104)42-54(50)68(56)82(34-18-36-108(96,97)98)62(74)20-17-21-63-75(3,4)57-45-53(51-29-27-49(111(105,106)107)43-55(51)69(57)83(63)35-19-37-109(99,100)101)47-40-60(72(94)78-32-15-7-11-24-66(88)89)81-61(41-47)73(95)79-33-16-8-12-25-67(90)91/h17,20-21,26-29,38-45H,5-16,18-19,22-25,30-37H2,1-4H3,(H11-,76,77,78,79,84,85,86,87,88,89,90,91,92,93,94,95,96,97,98,99,100,101,102,103,104,105,106,107)/p+1. The Bertz CT molecular complexity index is 5120. The number of unbranched alkanes of at least 4 members (excludes halogenated alkanes) is 8. The molecule has 4 heterocycles. The molecule has 0 fully saturated rings. The van der Waals surface area contributed by atoms with E-state index >= 15 is 0 Å². The largest absolute Gasteiger partial charge is 0.481 e. The van der Waals surface area contributed by atoms with Crippen molar-refractivity contribution in [1.29, 1.82) is 0 Å². The molecular formula is C75H91N8O24S4+. The second kappa shape index (κ2) is 36.9. The quantitative estimate of drug-likeness (QED) is 0.00964. The molecule has 32 nitrogen and oxygen atoms in total. The van der Waals surface area contributed by atoms with Crippen molar-refractivity contribution in [2.24, 2.45) is 0 Å². The van der Waals surface area contributed by atoms with Crippen molar-refractivity contribution < 1.29 is 115 Å². The zero-order chi connectivity index (χ0) is 81.6. The molecule has 598 valence electrons. The smallest absolute Gasteiger partial charge is 0.303 e. The van der Waals surface area contributed by atoms with Crippen LogP contribution in [0.15, 0.2) is 107 Å². The van der Waals surface area contributed by atoms with Gasteiger partial charge in [0.2, 0.25) is 5.69 Å². The molecule has 0 bridgehead atoms. The van der Waals surface area contributed by atoms with Gasteiger partial charge in [0.05, 0.1) is 37.8 Å². The topological polar surface area (TPSA) is 515 Å². The van der Waals surface area contributed by atoms with Gasteiger partial charge in [0.25, 0.3) is 64.1 Å². The molecule has 4 aromatic carbocycles. The molecule has 2 aliphatic rings. The van der Waals surface area contributed by atoms with Crippen LogP contribution in [0.2, 0.25) is 0 Å². The van der Waals surface area contributed by atoms with Gasteiger partial charge in [-0.05, 0) is 177 Å². The Morgan fingerprint density at radius 2 is 0.811 bits per heavy atom. The van der Waals surface area contributed by atoms with Crippen LogP contribution in [0.5, 0.6) is 0 Å². The maximum atomic E-state index is 14.1. The van der Waals surface area contributed by atoms with Crippen LogP contribution in [0.4, 0.5) is 11.4 Å². The van der Waals surface area contributed by atoms with E-state index in [2.05, 4.69) is 31.2 Å². The Kier molecular flexibility index (Phi) is 28.8. The second-order valence-corrected chi connectivity index (χ2v) is 34.2. The maximum absolute atomic E-state index is 14.1. The van der Waals surface area contributed by atoms with Crippen molar-refractivity contribution in [1.82, 2.24) is 31.2 Å². The molecular weight excluding hydrogens is 1530 g/mol. The molecule has 0 saturated carbocycles. The molecule has 0 atom stereocenters. The summed E-state index contributed by atoms with van der Waals surface area (Å²) in [7, 11) is -19.2. The Labute approximate surface area is 641 Å². The molecule has 0 radical (unpaired) electrons. The summed E-state index contributed by atoms with van der Waals surface area (Å²) in [6.45, 7) is 7.12. The number of amides is 4. The zero-order valence-corrected chi connectivity index (χ0v) is 64.8. The fraction of sp³-hybridized carbons (Fsp3) is 0.427. The fourth-order valence-electron chi connectivity index (χ4n) is 13.7. The van der Waals surface area contributed by atoms with Crippen LogP contribution in [0.25, 0.3) is 43.8 Å². The summed E-state index contributed by atoms with van der Waals surface area (Å²) in [4.78, 5) is 111. The molecule has 12 N–H and O–H groups in total. The summed E-state index contributed by atoms with van der Waals surface area (Å²) in [5.74, 6) is -8.36. The Balaban J connectivity index is 1.32. The van der Waals surface area contributed by atoms with Crippen molar-refractivity contribution in [2.45, 2.75) is 164 Å². The van der Waals surface area contributed by atoms with Crippen molar-refractivity contribution in [3.8, 4) is 22.3 Å². The van der Waals surface area contributed by atoms with Crippen molar-refractivity contribution in [3.63, 3.8) is 0 Å². The van der Waals surface area contributed by atoms with Crippen molar-refractivity contribution in [3.05, 3.63) is 131 Å². The van der Waals surface area contributed by atoms with Gasteiger partial charge >= 0.3 is 23.9 Å². The van der Waals surface area contributed by atoms with Crippen molar-refractivity contribution >= 4 is 127 Å². The van der Waals surface area contributed by atoms with Gasteiger partial charge < -0.3 is 46.6 Å². The number of carboxylic acids is 4. The maximum Gasteiger partial charge on any atom is 0.303 e. The van der Waals surface area contributed by atoms with E-state index in [1.165, 1.54) is 48.5 Å². The Hall–Kier alpha value is -9.95. The van der Waals surface area contributed by atoms with E-state index in [-0.39, 0.29) is 145 Å². The minimum Gasteiger partial charge on any atom is -0.481 e. The third kappa shape index (κ3) is 23.1. The van der Waals surface area contributed by atoms with Gasteiger partial charge in [-0.1, -0.05) is 57.7 Å². The fourth-order valence-corrected chi connectivity index (χ4v) is 15.7. The number of nitrogens with zero attached hydrogens (tertiary/aromatic N) is 4. The van der Waals surface area contributed by atoms with Crippen LogP contribution in [0, 0.1) is 0 Å². The first kappa shape index (κ1) is 86.6. The first-order chi connectivity index (χ1) is 52.1. The lowest BCUT2D eigenvalue weighted by atomic mass is 9.79. The number of fused-ring (bicyclic) bond motifs is 6. The number of aliphatic carboxylic acids is 4. The molecule has 4 amide bonds. The first-order valence-corrected chi connectivity index (χ1v) is 42.1. The molecule has 2 aliphatic heterocycles. The Morgan fingerprint density at radius 3 is 1.19 bits per heavy atom. The third-order valence-electron chi connectivity index (χ3n) is 19.2. The lowest BCUT2D eigenvalue weighted by Gasteiger charge is -2.27. The SMILES string of the molecule is CC1(C)C(/C=C/C=C2/N(CCCS(=O)(=O)O)c3c(cc(-c4cc(C(=O)NCCCCCC(=O)O)nc(C(=O)NCCCCCC(=O)O)c4)c4ccc(S(=O)(=O)O)cc34)C2(C)C)=[N+](CCCS(=O)(=O)O)c2c1cc(-c1cc(C(=O)NCCCCCC(=O)O)nc(C(=O)NCCCCCC(=O)O)c1)c1ccc(S(=O)(=O)O)cc21. The van der Waals surface area contributed by atoms with Gasteiger partial charge in [-0.15, -0.1) is 0 Å². The number of pyridine rings is 2. The van der Waals surface area contributed by atoms with Gasteiger partial charge in [-0.25, -0.2) is 9.97 Å². The highest BCUT2D eigenvalue weighted by Gasteiger charge is 2.47. The van der Waals surface area contributed by atoms with E-state index in [0.29, 0.717) is 111 Å². The van der Waals surface area contributed by atoms with Gasteiger partial charge in [0.15, 0.2) is 5.71 Å². The summed E-state index contributed by atoms with van der Waals surface area (Å²) in [5.41, 5.74) is -0.231. The number of benzene rings is 4. The molecule has 36 heteroatoms. The minimum absolute atomic E-state index is 0.0874. The van der Waals surface area contributed by atoms with Crippen LogP contribution in [0.3, 0.4) is 0 Å². The molecule has 111 heavy (non-hydrogen) atoms. The molecule has 0 unspecified atom stereocenters. The first-order valence-electron chi connectivity index (χ1n) is 36.0. The van der Waals surface area contributed by atoms with Crippen LogP contribution in [-0.4, -0.2) is 191 Å². The summed E-state index contributed by atoms with van der Waals surface area (Å²) in [5, 5.41) is 48.5. The number of hydrogen-bond donors (Lipinski definition) is 12. The van der Waals surface area contributed by atoms with Crippen LogP contribution in [0.1, 0.15) is 196 Å². The molecule has 0 saturated heterocycles. The van der Waals surface area contributed by atoms with E-state index in [1.54, 1.807) is 67.5 Å². The predicted octanol–water partition coefficient (Wildman–Crippen LogP) is 9.28. The van der Waals surface area contributed by atoms with Crippen LogP contribution in [-0.2, 0) is 70.5 Å². The molecule has 6 aromatic rings. The average molecular weight is 1620 g/mol. The highest BCUT2D eigenvalue weighted by atomic mass is 32.2. The molecule has 8 rings (SSSR count). The summed E-state index contributed by atoms with van der Waals surface area (Å²) in [6, 6.07) is 16.5. The minimum atomic E-state index is -4.99. The molecule has 0 spiro atoms. The van der Waals surface area contributed by atoms with Crippen molar-refractivity contribution in [2.75, 3.05) is 55.7 Å². The number of carbonyl (C=O) groups is 8. The summed E-state index contributed by atoms with van der Waals surface area (Å²) in [6.07, 6.45) is 8.76. The average Bonchev–Trinajstić information content (AvgIpc) is 1.56. The normalized spacial score (nSPS) is 14.4. The zero-order valence-electron chi connectivity index (χ0n) is 61.6. The van der Waals surface area contributed by atoms with E-state index in [4.69, 9.17) is 20.4 Å². The molecule has 2 aromatic heterocycles. The van der Waals surface area contributed by atoms with E-state index in [9.17, 15) is 90.2 Å². The third-order valence-corrected chi connectivity index (χ3v) is 22.5. The van der Waals surface area contributed by atoms with E-state index in [0.717, 1.165) is 12.1 Å². The Morgan fingerprint density at radius 1 is 0.441 bits per heavy atom. The number of allylic oxidation sites excluding steroid dienone is 4. The number of hydrogen-bond acceptors (Lipinski definition) is 19. The summed E-state index contributed by atoms with van der Waals surface area (Å²) >= 11 is 0. The number of carboxylic acid groups (broad SMARTS) is 4. The summed E-state index contributed by atoms with van der Waals surface area (Å²) < 4.78 is 146. The van der Waals surface area contributed by atoms with E-state index < -0.39 is 120 Å². The molecule has 0 aliphatic carbocycles. The highest BCUT2D eigenvalue weighted by molar-refractivity contribution is 7.86. The van der Waals surface area contributed by atoms with E-state index in [1.807, 2.05) is 0 Å². The monoisotopic (exact) mass is 1620 g/mol. The predicted molar refractivity (Wildman–Crippen MR) is 410 cm³/mol. The number of carbonyl (C=O) groups excluding carboxylic acids is 4. The highest BCUT2D eigenvalue weighted by Crippen LogP contribution is 2.54. The van der Waals surface area contributed by atoms with Gasteiger partial charge in [-0.3, -0.25) is 56.6 Å². The lowest BCUT2D eigenvalue weighted by molar-refractivity contribution is -0.435. The number of rotatable bonds is 42. The van der Waals surface area contributed by atoms with Crippen LogP contribution >= 0.6 is 0 Å². The van der Waals surface area contributed by atoms with Crippen LogP contribution < -0.4 is 26.2 Å². The lowest BCUT2D eigenvalue weighted by Crippen LogP contribution is -2.29.